The van der Waals surface area contributed by atoms with Gasteiger partial charge in [0.2, 0.25) is 0 Å². The fraction of sp³-hybridized carbons (Fsp3) is 0.312. The van der Waals surface area contributed by atoms with Crippen molar-refractivity contribution in [1.29, 1.82) is 0 Å². The Hall–Kier alpha value is -0.880. The number of hydrogen-bond donors (Lipinski definition) is 1. The van der Waals surface area contributed by atoms with Crippen LogP contribution < -0.4 is 4.90 Å². The molecule has 0 aliphatic carbocycles. The van der Waals surface area contributed by atoms with Crippen LogP contribution in [0.5, 0.6) is 0 Å². The van der Waals surface area contributed by atoms with Crippen LogP contribution in [0.25, 0.3) is 0 Å². The van der Waals surface area contributed by atoms with Crippen LogP contribution in [0, 0.1) is 0 Å². The first-order valence-corrected chi connectivity index (χ1v) is 9.30. The van der Waals surface area contributed by atoms with Crippen molar-refractivity contribution in [3.05, 3.63) is 55.6 Å². The molecule has 6 heteroatoms. The highest BCUT2D eigenvalue weighted by molar-refractivity contribution is 9.11. The Bertz CT molecular complexity index is 633. The number of hydrazone groups is 1. The minimum Gasteiger partial charge on any atom is -0.328 e. The van der Waals surface area contributed by atoms with E-state index < -0.39 is 0 Å². The summed E-state index contributed by atoms with van der Waals surface area (Å²) in [7, 11) is 0. The molecule has 1 aromatic heterocycles. The number of quaternary nitrogens is 1. The van der Waals surface area contributed by atoms with Gasteiger partial charge in [-0.05, 0) is 40.2 Å². The molecule has 0 amide bonds. The maximum Gasteiger partial charge on any atom is 0.103 e. The summed E-state index contributed by atoms with van der Waals surface area (Å²) in [6.45, 7) is 5.31. The molecule has 0 radical (unpaired) electrons. The summed E-state index contributed by atoms with van der Waals surface area (Å²) in [5, 5.41) is 7.56. The molecule has 1 fully saturated rings. The van der Waals surface area contributed by atoms with Gasteiger partial charge in [0, 0.05) is 15.5 Å². The molecule has 2 aromatic rings. The smallest absolute Gasteiger partial charge is 0.103 e. The van der Waals surface area contributed by atoms with Gasteiger partial charge in [0.25, 0.3) is 0 Å². The zero-order valence-electron chi connectivity index (χ0n) is 12.1. The molecule has 22 heavy (non-hydrogen) atoms. The van der Waals surface area contributed by atoms with Gasteiger partial charge in [-0.3, -0.25) is 5.01 Å². The number of hydrogen-bond acceptors (Lipinski definition) is 3. The molecular formula is C16H18BrClN3S+. The number of piperazine rings is 1. The number of nitrogens with one attached hydrogen (secondary N) is 1. The SMILES string of the molecule is Clc1ccc(C[NH+]2CCN(N=Cc3ccc(Br)s3)CC2)cc1. The van der Waals surface area contributed by atoms with Gasteiger partial charge in [0.1, 0.15) is 6.54 Å². The quantitative estimate of drug-likeness (QED) is 0.784. The largest absolute Gasteiger partial charge is 0.328 e. The lowest BCUT2D eigenvalue weighted by Gasteiger charge is -2.30. The van der Waals surface area contributed by atoms with Crippen LogP contribution in [0.3, 0.4) is 0 Å². The molecule has 3 rings (SSSR count). The Morgan fingerprint density at radius 1 is 1.18 bits per heavy atom. The lowest BCUT2D eigenvalue weighted by molar-refractivity contribution is -0.918. The van der Waals surface area contributed by atoms with Gasteiger partial charge in [0.15, 0.2) is 0 Å². The van der Waals surface area contributed by atoms with E-state index in [4.69, 9.17) is 11.6 Å². The van der Waals surface area contributed by atoms with E-state index >= 15 is 0 Å². The van der Waals surface area contributed by atoms with Crippen molar-refractivity contribution in [1.82, 2.24) is 5.01 Å². The average molecular weight is 400 g/mol. The van der Waals surface area contributed by atoms with Crippen LogP contribution in [-0.4, -0.2) is 37.4 Å². The van der Waals surface area contributed by atoms with Crippen LogP contribution in [0.1, 0.15) is 10.4 Å². The number of thiophene rings is 1. The van der Waals surface area contributed by atoms with E-state index in [9.17, 15) is 0 Å². The molecule has 1 aromatic carbocycles. The molecule has 0 atom stereocenters. The molecule has 1 N–H and O–H groups in total. The molecule has 1 saturated heterocycles. The molecule has 0 spiro atoms. The van der Waals surface area contributed by atoms with Crippen molar-refractivity contribution in [2.45, 2.75) is 6.54 Å². The maximum atomic E-state index is 5.93. The van der Waals surface area contributed by atoms with Crippen LogP contribution in [0.2, 0.25) is 5.02 Å². The molecule has 1 aliphatic heterocycles. The molecule has 2 heterocycles. The van der Waals surface area contributed by atoms with Gasteiger partial charge >= 0.3 is 0 Å². The number of halogens is 2. The predicted molar refractivity (Wildman–Crippen MR) is 97.0 cm³/mol. The number of nitrogens with zero attached hydrogens (tertiary/aromatic N) is 2. The Kier molecular flexibility index (Phi) is 5.52. The molecule has 3 nitrogen and oxygen atoms in total. The van der Waals surface area contributed by atoms with Crippen LogP contribution in [0.4, 0.5) is 0 Å². The zero-order chi connectivity index (χ0) is 15.4. The monoisotopic (exact) mass is 398 g/mol. The van der Waals surface area contributed by atoms with Crippen LogP contribution >= 0.6 is 38.9 Å². The molecule has 116 valence electrons. The molecule has 0 bridgehead atoms. The molecule has 0 unspecified atom stereocenters. The van der Waals surface area contributed by atoms with E-state index in [1.807, 2.05) is 18.3 Å². The first kappa shape index (κ1) is 16.0. The number of benzene rings is 1. The normalized spacial score (nSPS) is 16.5. The molecule has 1 aliphatic rings. The highest BCUT2D eigenvalue weighted by atomic mass is 79.9. The van der Waals surface area contributed by atoms with Crippen molar-refractivity contribution in [2.24, 2.45) is 5.10 Å². The highest BCUT2D eigenvalue weighted by Gasteiger charge is 2.18. The lowest BCUT2D eigenvalue weighted by Crippen LogP contribution is -3.13. The second-order valence-electron chi connectivity index (χ2n) is 5.39. The van der Waals surface area contributed by atoms with Crippen molar-refractivity contribution in [2.75, 3.05) is 26.2 Å². The lowest BCUT2D eigenvalue weighted by atomic mass is 10.2. The van der Waals surface area contributed by atoms with Gasteiger partial charge < -0.3 is 4.90 Å². The summed E-state index contributed by atoms with van der Waals surface area (Å²) in [6, 6.07) is 12.3. The van der Waals surface area contributed by atoms with Gasteiger partial charge in [-0.1, -0.05) is 23.7 Å². The molecule has 0 saturated carbocycles. The molecular weight excluding hydrogens is 382 g/mol. The number of rotatable bonds is 4. The van der Waals surface area contributed by atoms with E-state index in [1.54, 1.807) is 16.2 Å². The summed E-state index contributed by atoms with van der Waals surface area (Å²) < 4.78 is 1.14. The summed E-state index contributed by atoms with van der Waals surface area (Å²) in [5.41, 5.74) is 1.35. The Morgan fingerprint density at radius 3 is 2.55 bits per heavy atom. The maximum absolute atomic E-state index is 5.93. The minimum atomic E-state index is 0.804. The summed E-state index contributed by atoms with van der Waals surface area (Å²) in [6.07, 6.45) is 1.96. The van der Waals surface area contributed by atoms with E-state index in [0.29, 0.717) is 0 Å². The van der Waals surface area contributed by atoms with Crippen molar-refractivity contribution >= 4 is 45.1 Å². The second-order valence-corrected chi connectivity index (χ2v) is 8.32. The Balaban J connectivity index is 1.48. The Labute approximate surface area is 148 Å². The van der Waals surface area contributed by atoms with Crippen molar-refractivity contribution in [3.8, 4) is 0 Å². The van der Waals surface area contributed by atoms with Crippen LogP contribution in [-0.2, 0) is 6.54 Å². The van der Waals surface area contributed by atoms with E-state index in [1.165, 1.54) is 10.4 Å². The summed E-state index contributed by atoms with van der Waals surface area (Å²) in [4.78, 5) is 2.79. The van der Waals surface area contributed by atoms with E-state index in [0.717, 1.165) is 41.5 Å². The van der Waals surface area contributed by atoms with Gasteiger partial charge in [-0.2, -0.15) is 5.10 Å². The third kappa shape index (κ3) is 4.56. The first-order valence-electron chi connectivity index (χ1n) is 7.31. The van der Waals surface area contributed by atoms with E-state index in [-0.39, 0.29) is 0 Å². The third-order valence-corrected chi connectivity index (χ3v) is 5.57. The second kappa shape index (κ2) is 7.59. The fourth-order valence-corrected chi connectivity index (χ4v) is 3.95. The van der Waals surface area contributed by atoms with Crippen molar-refractivity contribution in [3.63, 3.8) is 0 Å². The van der Waals surface area contributed by atoms with Gasteiger partial charge in [-0.25, -0.2) is 0 Å². The fourth-order valence-electron chi connectivity index (χ4n) is 2.53. The third-order valence-electron chi connectivity index (χ3n) is 3.76. The standard InChI is InChI=1S/C16H17BrClN3S/c17-16-6-5-15(22-16)11-19-21-9-7-20(8-10-21)12-13-1-3-14(18)4-2-13/h1-6,11H,7-10,12H2/p+1. The Morgan fingerprint density at radius 2 is 1.91 bits per heavy atom. The first-order chi connectivity index (χ1) is 10.7. The summed E-state index contributed by atoms with van der Waals surface area (Å²) >= 11 is 11.1. The minimum absolute atomic E-state index is 0.804. The van der Waals surface area contributed by atoms with Gasteiger partial charge in [0.05, 0.1) is 36.2 Å². The zero-order valence-corrected chi connectivity index (χ0v) is 15.3. The van der Waals surface area contributed by atoms with Crippen LogP contribution in [0.15, 0.2) is 45.3 Å². The topological polar surface area (TPSA) is 20.0 Å². The van der Waals surface area contributed by atoms with Crippen molar-refractivity contribution < 1.29 is 4.90 Å². The summed E-state index contributed by atoms with van der Waals surface area (Å²) in [5.74, 6) is 0. The van der Waals surface area contributed by atoms with E-state index in [2.05, 4.69) is 50.3 Å². The van der Waals surface area contributed by atoms with Gasteiger partial charge in [-0.15, -0.1) is 11.3 Å². The predicted octanol–water partition coefficient (Wildman–Crippen LogP) is 2.90. The highest BCUT2D eigenvalue weighted by Crippen LogP contribution is 2.20. The average Bonchev–Trinajstić information content (AvgIpc) is 2.94.